The van der Waals surface area contributed by atoms with E-state index in [1.165, 1.54) is 28.9 Å². The topological polar surface area (TPSA) is 129 Å². The standard InChI is InChI=1S/C27H23F4N5O4/c28-19-7-2-1-6-18(19)22-12-23(34-27(40)33-21-9-8-20(29)25(30)26(21)31)36(35-22)16-5-3-4-15(10-16)11-24(39)32-13-17(38)14-37/h1-10,12,17,37-38H,11,13-14H2,(H,32,39)(H2,33,34,40). The number of aliphatic hydroxyl groups excluding tert-OH is 2. The molecular formula is C27H23F4N5O4. The summed E-state index contributed by atoms with van der Waals surface area (Å²) in [7, 11) is 0. The molecule has 0 fully saturated rings. The van der Waals surface area contributed by atoms with E-state index >= 15 is 0 Å². The molecule has 1 aromatic heterocycles. The van der Waals surface area contributed by atoms with Gasteiger partial charge < -0.3 is 20.8 Å². The first-order chi connectivity index (χ1) is 19.2. The fourth-order valence-corrected chi connectivity index (χ4v) is 3.70. The smallest absolute Gasteiger partial charge is 0.324 e. The van der Waals surface area contributed by atoms with Crippen LogP contribution >= 0.6 is 0 Å². The monoisotopic (exact) mass is 557 g/mol. The Hall–Kier alpha value is -4.75. The molecule has 0 aliphatic heterocycles. The van der Waals surface area contributed by atoms with Crippen LogP contribution in [0.4, 0.5) is 33.9 Å². The van der Waals surface area contributed by atoms with E-state index in [-0.39, 0.29) is 30.0 Å². The third-order valence-electron chi connectivity index (χ3n) is 5.65. The third kappa shape index (κ3) is 6.62. The lowest BCUT2D eigenvalue weighted by Crippen LogP contribution is -2.34. The average Bonchev–Trinajstić information content (AvgIpc) is 3.35. The molecule has 208 valence electrons. The second kappa shape index (κ2) is 12.4. The predicted molar refractivity (Wildman–Crippen MR) is 138 cm³/mol. The van der Waals surface area contributed by atoms with Gasteiger partial charge in [-0.05, 0) is 42.0 Å². The SMILES string of the molecule is O=C(Cc1cccc(-n2nc(-c3ccccc3F)cc2NC(=O)Nc2ccc(F)c(F)c2F)c1)NCC(O)CO. The van der Waals surface area contributed by atoms with Crippen molar-refractivity contribution in [3.05, 3.63) is 95.6 Å². The van der Waals surface area contributed by atoms with Crippen molar-refractivity contribution in [3.8, 4) is 16.9 Å². The molecule has 0 spiro atoms. The van der Waals surface area contributed by atoms with Gasteiger partial charge in [0, 0.05) is 18.2 Å². The average molecular weight is 558 g/mol. The Morgan fingerprint density at radius 1 is 0.900 bits per heavy atom. The number of hydrogen-bond donors (Lipinski definition) is 5. The molecular weight excluding hydrogens is 534 g/mol. The number of amides is 3. The number of rotatable bonds is 9. The van der Waals surface area contributed by atoms with Gasteiger partial charge in [-0.1, -0.05) is 24.3 Å². The van der Waals surface area contributed by atoms with E-state index in [0.717, 1.165) is 6.07 Å². The maximum atomic E-state index is 14.5. The van der Waals surface area contributed by atoms with E-state index < -0.39 is 53.6 Å². The van der Waals surface area contributed by atoms with Gasteiger partial charge in [0.15, 0.2) is 17.5 Å². The van der Waals surface area contributed by atoms with Crippen molar-refractivity contribution in [1.29, 1.82) is 0 Å². The van der Waals surface area contributed by atoms with Crippen LogP contribution in [0, 0.1) is 23.3 Å². The molecule has 40 heavy (non-hydrogen) atoms. The number of nitrogens with zero attached hydrogens (tertiary/aromatic N) is 2. The number of benzene rings is 3. The molecule has 0 bridgehead atoms. The number of aromatic nitrogens is 2. The maximum absolute atomic E-state index is 14.5. The summed E-state index contributed by atoms with van der Waals surface area (Å²) in [6, 6.07) is 14.1. The van der Waals surface area contributed by atoms with Crippen molar-refractivity contribution in [2.24, 2.45) is 0 Å². The lowest BCUT2D eigenvalue weighted by Gasteiger charge is -2.12. The minimum atomic E-state index is -1.75. The van der Waals surface area contributed by atoms with E-state index in [9.17, 15) is 32.3 Å². The summed E-state index contributed by atoms with van der Waals surface area (Å²) in [5.74, 6) is -5.77. The minimum absolute atomic E-state index is 0.00594. The predicted octanol–water partition coefficient (Wildman–Crippen LogP) is 3.75. The van der Waals surface area contributed by atoms with E-state index in [0.29, 0.717) is 17.3 Å². The highest BCUT2D eigenvalue weighted by Crippen LogP contribution is 2.28. The number of halogens is 4. The van der Waals surface area contributed by atoms with Crippen LogP contribution in [0.1, 0.15) is 5.56 Å². The number of nitrogens with one attached hydrogen (secondary N) is 3. The van der Waals surface area contributed by atoms with Crippen molar-refractivity contribution in [3.63, 3.8) is 0 Å². The molecule has 0 aliphatic rings. The van der Waals surface area contributed by atoms with Gasteiger partial charge in [-0.2, -0.15) is 5.10 Å². The number of urea groups is 1. The highest BCUT2D eigenvalue weighted by atomic mass is 19.2. The molecule has 4 rings (SSSR count). The zero-order chi connectivity index (χ0) is 28.8. The van der Waals surface area contributed by atoms with Crippen LogP contribution in [0.3, 0.4) is 0 Å². The largest absolute Gasteiger partial charge is 0.394 e. The fraction of sp³-hybridized carbons (Fsp3) is 0.148. The third-order valence-corrected chi connectivity index (χ3v) is 5.65. The number of aliphatic hydroxyl groups is 2. The van der Waals surface area contributed by atoms with Gasteiger partial charge in [0.25, 0.3) is 0 Å². The molecule has 4 aromatic rings. The Bertz CT molecular complexity index is 1550. The van der Waals surface area contributed by atoms with Crippen LogP contribution in [0.25, 0.3) is 16.9 Å². The summed E-state index contributed by atoms with van der Waals surface area (Å²) >= 11 is 0. The fourth-order valence-electron chi connectivity index (χ4n) is 3.70. The highest BCUT2D eigenvalue weighted by molar-refractivity contribution is 5.99. The second-order valence-corrected chi connectivity index (χ2v) is 8.60. The van der Waals surface area contributed by atoms with Crippen molar-refractivity contribution in [2.45, 2.75) is 12.5 Å². The van der Waals surface area contributed by atoms with Gasteiger partial charge in [0.2, 0.25) is 5.91 Å². The van der Waals surface area contributed by atoms with E-state index in [2.05, 4.69) is 21.0 Å². The van der Waals surface area contributed by atoms with Gasteiger partial charge in [-0.3, -0.25) is 10.1 Å². The summed E-state index contributed by atoms with van der Waals surface area (Å²) < 4.78 is 56.7. The molecule has 0 saturated carbocycles. The van der Waals surface area contributed by atoms with E-state index in [4.69, 9.17) is 5.11 Å². The summed E-state index contributed by atoms with van der Waals surface area (Å²) in [5.41, 5.74) is 0.521. The Morgan fingerprint density at radius 2 is 1.68 bits per heavy atom. The molecule has 1 atom stereocenters. The van der Waals surface area contributed by atoms with Gasteiger partial charge in [-0.15, -0.1) is 0 Å². The Balaban J connectivity index is 1.63. The molecule has 0 aliphatic carbocycles. The molecule has 9 nitrogen and oxygen atoms in total. The molecule has 0 radical (unpaired) electrons. The van der Waals surface area contributed by atoms with Crippen LogP contribution in [0.15, 0.2) is 66.7 Å². The van der Waals surface area contributed by atoms with Gasteiger partial charge in [0.1, 0.15) is 11.6 Å². The molecule has 3 amide bonds. The number of anilines is 2. The van der Waals surface area contributed by atoms with Crippen molar-refractivity contribution < 1.29 is 37.4 Å². The summed E-state index contributed by atoms with van der Waals surface area (Å²) in [6.07, 6.45) is -1.19. The van der Waals surface area contributed by atoms with Crippen LogP contribution in [0.2, 0.25) is 0 Å². The zero-order valence-corrected chi connectivity index (χ0v) is 20.7. The first-order valence-electron chi connectivity index (χ1n) is 11.9. The summed E-state index contributed by atoms with van der Waals surface area (Å²) in [5, 5.41) is 29.7. The number of hydrogen-bond acceptors (Lipinski definition) is 5. The van der Waals surface area contributed by atoms with Crippen LogP contribution in [-0.4, -0.2) is 51.2 Å². The van der Waals surface area contributed by atoms with E-state index in [1.54, 1.807) is 30.3 Å². The van der Waals surface area contributed by atoms with E-state index in [1.807, 2.05) is 0 Å². The van der Waals surface area contributed by atoms with Crippen molar-refractivity contribution in [2.75, 3.05) is 23.8 Å². The Kier molecular flexibility index (Phi) is 8.76. The second-order valence-electron chi connectivity index (χ2n) is 8.60. The first kappa shape index (κ1) is 28.3. The Morgan fingerprint density at radius 3 is 2.42 bits per heavy atom. The first-order valence-corrected chi connectivity index (χ1v) is 11.9. The summed E-state index contributed by atoms with van der Waals surface area (Å²) in [4.78, 5) is 24.9. The number of carbonyl (C=O) groups excluding carboxylic acids is 2. The molecule has 3 aromatic carbocycles. The molecule has 1 heterocycles. The molecule has 0 saturated heterocycles. The lowest BCUT2D eigenvalue weighted by molar-refractivity contribution is -0.121. The Labute approximate surface area is 225 Å². The maximum Gasteiger partial charge on any atom is 0.324 e. The minimum Gasteiger partial charge on any atom is -0.394 e. The van der Waals surface area contributed by atoms with Gasteiger partial charge in [-0.25, -0.2) is 27.0 Å². The van der Waals surface area contributed by atoms with Crippen molar-refractivity contribution in [1.82, 2.24) is 15.1 Å². The van der Waals surface area contributed by atoms with Crippen LogP contribution in [-0.2, 0) is 11.2 Å². The highest BCUT2D eigenvalue weighted by Gasteiger charge is 2.19. The van der Waals surface area contributed by atoms with Crippen LogP contribution < -0.4 is 16.0 Å². The summed E-state index contributed by atoms with van der Waals surface area (Å²) in [6.45, 7) is -0.645. The molecule has 1 unspecified atom stereocenters. The lowest BCUT2D eigenvalue weighted by atomic mass is 10.1. The molecule has 13 heteroatoms. The van der Waals surface area contributed by atoms with Crippen LogP contribution in [0.5, 0.6) is 0 Å². The normalized spacial score (nSPS) is 11.7. The van der Waals surface area contributed by atoms with Gasteiger partial charge in [0.05, 0.1) is 36.2 Å². The quantitative estimate of drug-likeness (QED) is 0.158. The van der Waals surface area contributed by atoms with Gasteiger partial charge >= 0.3 is 6.03 Å². The zero-order valence-electron chi connectivity index (χ0n) is 20.7. The number of carbonyl (C=O) groups is 2. The van der Waals surface area contributed by atoms with Crippen molar-refractivity contribution >= 4 is 23.4 Å². The molecule has 5 N–H and O–H groups in total.